The highest BCUT2D eigenvalue weighted by Gasteiger charge is 2.26. The molecule has 0 saturated heterocycles. The molecule has 1 aromatic heterocycles. The number of aryl methyl sites for hydroxylation is 1. The van der Waals surface area contributed by atoms with Crippen LogP contribution >= 0.6 is 0 Å². The Hall–Kier alpha value is -2.27. The first-order valence-electron chi connectivity index (χ1n) is 6.75. The Labute approximate surface area is 121 Å². The number of pyridine rings is 1. The molecule has 1 amide bonds. The molecule has 108 valence electrons. The third-order valence-corrected chi connectivity index (χ3v) is 3.64. The van der Waals surface area contributed by atoms with E-state index in [4.69, 9.17) is 0 Å². The van der Waals surface area contributed by atoms with Gasteiger partial charge in [-0.25, -0.2) is 4.39 Å². The van der Waals surface area contributed by atoms with Gasteiger partial charge in [0.05, 0.1) is 23.7 Å². The molecule has 1 N–H and O–H groups in total. The van der Waals surface area contributed by atoms with Crippen molar-refractivity contribution in [2.75, 3.05) is 13.2 Å². The number of nitrogens with zero attached hydrogens (tertiary/aromatic N) is 2. The van der Waals surface area contributed by atoms with E-state index in [1.165, 1.54) is 12.1 Å². The smallest absolute Gasteiger partial charge is 0.255 e. The van der Waals surface area contributed by atoms with Gasteiger partial charge in [0.2, 0.25) is 0 Å². The van der Waals surface area contributed by atoms with Crippen LogP contribution in [-0.2, 0) is 0 Å². The van der Waals surface area contributed by atoms with Crippen molar-refractivity contribution in [3.05, 3.63) is 53.5 Å². The second-order valence-corrected chi connectivity index (χ2v) is 5.11. The first-order chi connectivity index (χ1) is 10.1. The van der Waals surface area contributed by atoms with Crippen molar-refractivity contribution in [2.45, 2.75) is 13.0 Å². The maximum absolute atomic E-state index is 13.3. The molecule has 1 unspecified atom stereocenters. The first-order valence-corrected chi connectivity index (χ1v) is 6.75. The van der Waals surface area contributed by atoms with Crippen LogP contribution < -0.4 is 0 Å². The van der Waals surface area contributed by atoms with E-state index in [2.05, 4.69) is 4.98 Å². The quantitative estimate of drug-likeness (QED) is 0.860. The number of hydrogen-bond donors (Lipinski definition) is 1. The van der Waals surface area contributed by atoms with Crippen molar-refractivity contribution < 1.29 is 14.3 Å². The normalized spacial score (nSPS) is 17.7. The monoisotopic (exact) mass is 286 g/mol. The second kappa shape index (κ2) is 5.26. The van der Waals surface area contributed by atoms with Gasteiger partial charge in [-0.15, -0.1) is 0 Å². The first kappa shape index (κ1) is 13.7. The van der Waals surface area contributed by atoms with Gasteiger partial charge in [0.15, 0.2) is 0 Å². The van der Waals surface area contributed by atoms with Gasteiger partial charge in [-0.3, -0.25) is 9.78 Å². The van der Waals surface area contributed by atoms with Crippen molar-refractivity contribution in [1.82, 2.24) is 9.88 Å². The predicted molar refractivity (Wildman–Crippen MR) is 77.5 cm³/mol. The van der Waals surface area contributed by atoms with Gasteiger partial charge in [-0.05, 0) is 25.1 Å². The Morgan fingerprint density at radius 1 is 1.48 bits per heavy atom. The third kappa shape index (κ3) is 2.40. The number of fused-ring (bicyclic) bond motifs is 1. The van der Waals surface area contributed by atoms with Gasteiger partial charge in [0.25, 0.3) is 5.91 Å². The Kier molecular flexibility index (Phi) is 3.43. The maximum Gasteiger partial charge on any atom is 0.255 e. The molecule has 0 bridgehead atoms. The van der Waals surface area contributed by atoms with Gasteiger partial charge in [0.1, 0.15) is 5.82 Å². The third-order valence-electron chi connectivity index (χ3n) is 3.64. The molecule has 2 aromatic rings. The zero-order valence-corrected chi connectivity index (χ0v) is 11.6. The largest absolute Gasteiger partial charge is 0.394 e. The number of carbonyl (C=O) groups is 1. The minimum absolute atomic E-state index is 0.112. The van der Waals surface area contributed by atoms with Crippen molar-refractivity contribution in [2.24, 2.45) is 0 Å². The van der Waals surface area contributed by atoms with Crippen molar-refractivity contribution in [3.8, 4) is 0 Å². The summed E-state index contributed by atoms with van der Waals surface area (Å²) >= 11 is 0. The highest BCUT2D eigenvalue weighted by molar-refractivity contribution is 6.06. The van der Waals surface area contributed by atoms with Crippen molar-refractivity contribution in [1.29, 1.82) is 0 Å². The Morgan fingerprint density at radius 2 is 2.29 bits per heavy atom. The summed E-state index contributed by atoms with van der Waals surface area (Å²) in [7, 11) is 0. The minimum Gasteiger partial charge on any atom is -0.394 e. The summed E-state index contributed by atoms with van der Waals surface area (Å²) in [5.74, 6) is -0.559. The van der Waals surface area contributed by atoms with Gasteiger partial charge < -0.3 is 10.0 Å². The van der Waals surface area contributed by atoms with E-state index in [-0.39, 0.29) is 24.4 Å². The average molecular weight is 286 g/mol. The SMILES string of the molecule is Cc1cc(C(=O)N2CC=CC2CO)c2ccc(F)cc2n1. The zero-order chi connectivity index (χ0) is 15.0. The fourth-order valence-corrected chi connectivity index (χ4v) is 2.63. The fourth-order valence-electron chi connectivity index (χ4n) is 2.63. The van der Waals surface area contributed by atoms with Crippen LogP contribution in [0.3, 0.4) is 0 Å². The van der Waals surface area contributed by atoms with Crippen LogP contribution in [0.25, 0.3) is 10.9 Å². The number of aliphatic hydroxyl groups is 1. The summed E-state index contributed by atoms with van der Waals surface area (Å²) in [6, 6.07) is 5.62. The number of hydrogen-bond acceptors (Lipinski definition) is 3. The molecular formula is C16H15FN2O2. The van der Waals surface area contributed by atoms with Crippen molar-refractivity contribution >= 4 is 16.8 Å². The topological polar surface area (TPSA) is 53.4 Å². The molecule has 4 nitrogen and oxygen atoms in total. The predicted octanol–water partition coefficient (Wildman–Crippen LogP) is 2.06. The molecule has 1 aliphatic rings. The number of benzene rings is 1. The highest BCUT2D eigenvalue weighted by atomic mass is 19.1. The lowest BCUT2D eigenvalue weighted by atomic mass is 10.1. The summed E-state index contributed by atoms with van der Waals surface area (Å²) < 4.78 is 13.3. The van der Waals surface area contributed by atoms with E-state index in [1.807, 2.05) is 12.2 Å². The van der Waals surface area contributed by atoms with E-state index in [1.54, 1.807) is 24.0 Å². The average Bonchev–Trinajstić information content (AvgIpc) is 2.93. The van der Waals surface area contributed by atoms with E-state index < -0.39 is 0 Å². The summed E-state index contributed by atoms with van der Waals surface area (Å²) in [6.45, 7) is 2.12. The van der Waals surface area contributed by atoms with Crippen LogP contribution in [0, 0.1) is 12.7 Å². The molecule has 1 aromatic carbocycles. The van der Waals surface area contributed by atoms with Crippen LogP contribution in [-0.4, -0.2) is 40.1 Å². The van der Waals surface area contributed by atoms with Crippen LogP contribution in [0.4, 0.5) is 4.39 Å². The summed E-state index contributed by atoms with van der Waals surface area (Å²) in [6.07, 6.45) is 3.67. The second-order valence-electron chi connectivity index (χ2n) is 5.11. The van der Waals surface area contributed by atoms with E-state index in [9.17, 15) is 14.3 Å². The molecule has 5 heteroatoms. The van der Waals surface area contributed by atoms with Crippen LogP contribution in [0.15, 0.2) is 36.4 Å². The maximum atomic E-state index is 13.3. The zero-order valence-electron chi connectivity index (χ0n) is 11.6. The van der Waals surface area contributed by atoms with Crippen LogP contribution in [0.1, 0.15) is 16.1 Å². The minimum atomic E-state index is -0.380. The number of carbonyl (C=O) groups excluding carboxylic acids is 1. The van der Waals surface area contributed by atoms with E-state index >= 15 is 0 Å². The van der Waals surface area contributed by atoms with Gasteiger partial charge in [-0.1, -0.05) is 12.2 Å². The Bertz CT molecular complexity index is 737. The lowest BCUT2D eigenvalue weighted by Gasteiger charge is -2.23. The van der Waals surface area contributed by atoms with Gasteiger partial charge >= 0.3 is 0 Å². The number of aromatic nitrogens is 1. The summed E-state index contributed by atoms with van der Waals surface area (Å²) in [5.41, 5.74) is 1.61. The number of rotatable bonds is 2. The number of halogens is 1. The number of aliphatic hydroxyl groups excluding tert-OH is 1. The standard InChI is InChI=1S/C16H15FN2O2/c1-10-7-14(13-5-4-11(17)8-15(13)18-10)16(21)19-6-2-3-12(19)9-20/h2-5,7-8,12,20H,6,9H2,1H3. The van der Waals surface area contributed by atoms with E-state index in [0.717, 1.165) is 0 Å². The molecule has 0 spiro atoms. The molecular weight excluding hydrogens is 271 g/mol. The molecule has 0 radical (unpaired) electrons. The molecule has 0 aliphatic carbocycles. The number of amides is 1. The fraction of sp³-hybridized carbons (Fsp3) is 0.250. The molecule has 2 heterocycles. The molecule has 0 saturated carbocycles. The Balaban J connectivity index is 2.09. The lowest BCUT2D eigenvalue weighted by Crippen LogP contribution is -2.38. The summed E-state index contributed by atoms with van der Waals surface area (Å²) in [5, 5.41) is 9.95. The molecule has 21 heavy (non-hydrogen) atoms. The molecule has 1 aliphatic heterocycles. The summed E-state index contributed by atoms with van der Waals surface area (Å²) in [4.78, 5) is 18.6. The van der Waals surface area contributed by atoms with Crippen molar-refractivity contribution in [3.63, 3.8) is 0 Å². The molecule has 0 fully saturated rings. The van der Waals surface area contributed by atoms with E-state index in [0.29, 0.717) is 28.7 Å². The van der Waals surface area contributed by atoms with Gasteiger partial charge in [0, 0.05) is 23.7 Å². The Morgan fingerprint density at radius 3 is 3.05 bits per heavy atom. The molecule has 3 rings (SSSR count). The van der Waals surface area contributed by atoms with Crippen LogP contribution in [0.5, 0.6) is 0 Å². The molecule has 1 atom stereocenters. The lowest BCUT2D eigenvalue weighted by molar-refractivity contribution is 0.0702. The highest BCUT2D eigenvalue weighted by Crippen LogP contribution is 2.23. The van der Waals surface area contributed by atoms with Crippen LogP contribution in [0.2, 0.25) is 0 Å². The van der Waals surface area contributed by atoms with Gasteiger partial charge in [-0.2, -0.15) is 0 Å².